The summed E-state index contributed by atoms with van der Waals surface area (Å²) in [5.41, 5.74) is -0.240. The number of esters is 1. The molecule has 1 N–H and O–H groups in total. The maximum Gasteiger partial charge on any atom is 0.331 e. The van der Waals surface area contributed by atoms with Gasteiger partial charge in [0, 0.05) is 17.7 Å². The zero-order valence-electron chi connectivity index (χ0n) is 15.1. The SMILES string of the molecule is COc1ccc(/C=C/C(=O)OCC(=O)N[C@@](C)(C#N)C2CC2)c(OC)c1. The van der Waals surface area contributed by atoms with Gasteiger partial charge in [0.25, 0.3) is 5.91 Å². The molecule has 1 aliphatic carbocycles. The number of nitrogens with one attached hydrogen (secondary N) is 1. The molecule has 0 aliphatic heterocycles. The average molecular weight is 358 g/mol. The molecule has 0 spiro atoms. The second kappa shape index (κ2) is 8.39. The molecule has 0 bridgehead atoms. The van der Waals surface area contributed by atoms with Crippen LogP contribution in [0.3, 0.4) is 0 Å². The Morgan fingerprint density at radius 3 is 2.65 bits per heavy atom. The Morgan fingerprint density at radius 2 is 2.08 bits per heavy atom. The van der Waals surface area contributed by atoms with Crippen molar-refractivity contribution in [2.45, 2.75) is 25.3 Å². The molecule has 1 aliphatic rings. The van der Waals surface area contributed by atoms with Gasteiger partial charge in [-0.2, -0.15) is 5.26 Å². The van der Waals surface area contributed by atoms with E-state index in [1.165, 1.54) is 19.3 Å². The van der Waals surface area contributed by atoms with Crippen LogP contribution in [0.25, 0.3) is 6.08 Å². The molecule has 0 aromatic heterocycles. The number of carbonyl (C=O) groups is 2. The zero-order chi connectivity index (χ0) is 19.2. The first-order valence-corrected chi connectivity index (χ1v) is 8.21. The van der Waals surface area contributed by atoms with Crippen LogP contribution < -0.4 is 14.8 Å². The van der Waals surface area contributed by atoms with E-state index in [-0.39, 0.29) is 5.92 Å². The number of nitriles is 1. The van der Waals surface area contributed by atoms with Crippen LogP contribution in [0.15, 0.2) is 24.3 Å². The number of hydrogen-bond donors (Lipinski definition) is 1. The van der Waals surface area contributed by atoms with Gasteiger partial charge in [-0.3, -0.25) is 4.79 Å². The number of benzene rings is 1. The third kappa shape index (κ3) is 4.99. The van der Waals surface area contributed by atoms with E-state index in [4.69, 9.17) is 14.2 Å². The minimum Gasteiger partial charge on any atom is -0.497 e. The van der Waals surface area contributed by atoms with Gasteiger partial charge in [-0.25, -0.2) is 4.79 Å². The van der Waals surface area contributed by atoms with E-state index in [0.717, 1.165) is 12.8 Å². The van der Waals surface area contributed by atoms with E-state index in [9.17, 15) is 14.9 Å². The predicted molar refractivity (Wildman–Crippen MR) is 94.4 cm³/mol. The topological polar surface area (TPSA) is 97.6 Å². The Morgan fingerprint density at radius 1 is 1.35 bits per heavy atom. The summed E-state index contributed by atoms with van der Waals surface area (Å²) in [6.45, 7) is 1.24. The van der Waals surface area contributed by atoms with E-state index in [0.29, 0.717) is 17.1 Å². The summed E-state index contributed by atoms with van der Waals surface area (Å²) in [4.78, 5) is 23.7. The average Bonchev–Trinajstić information content (AvgIpc) is 3.50. The fraction of sp³-hybridized carbons (Fsp3) is 0.421. The molecular formula is C19H22N2O5. The number of amides is 1. The van der Waals surface area contributed by atoms with Crippen molar-refractivity contribution in [3.63, 3.8) is 0 Å². The van der Waals surface area contributed by atoms with Gasteiger partial charge in [-0.1, -0.05) is 0 Å². The van der Waals surface area contributed by atoms with E-state index in [1.807, 2.05) is 0 Å². The lowest BCUT2D eigenvalue weighted by molar-refractivity contribution is -0.144. The van der Waals surface area contributed by atoms with Gasteiger partial charge in [-0.05, 0) is 43.9 Å². The van der Waals surface area contributed by atoms with Crippen molar-refractivity contribution in [1.29, 1.82) is 5.26 Å². The van der Waals surface area contributed by atoms with Crippen LogP contribution in [-0.2, 0) is 14.3 Å². The molecule has 7 nitrogen and oxygen atoms in total. The van der Waals surface area contributed by atoms with E-state index < -0.39 is 24.0 Å². The van der Waals surface area contributed by atoms with Crippen molar-refractivity contribution < 1.29 is 23.8 Å². The molecule has 0 saturated heterocycles. The number of ether oxygens (including phenoxy) is 3. The van der Waals surface area contributed by atoms with Crippen molar-refractivity contribution in [2.24, 2.45) is 5.92 Å². The van der Waals surface area contributed by atoms with Gasteiger partial charge in [0.05, 0.1) is 20.3 Å². The van der Waals surface area contributed by atoms with Crippen LogP contribution in [0.1, 0.15) is 25.3 Å². The summed E-state index contributed by atoms with van der Waals surface area (Å²) in [5.74, 6) is 0.178. The normalized spacial score (nSPS) is 15.6. The van der Waals surface area contributed by atoms with Crippen molar-refractivity contribution in [3.05, 3.63) is 29.8 Å². The van der Waals surface area contributed by atoms with Gasteiger partial charge in [0.1, 0.15) is 17.0 Å². The number of hydrogen-bond acceptors (Lipinski definition) is 6. The van der Waals surface area contributed by atoms with Crippen LogP contribution in [0.4, 0.5) is 0 Å². The Labute approximate surface area is 152 Å². The van der Waals surface area contributed by atoms with Crippen molar-refractivity contribution in [3.8, 4) is 17.6 Å². The molecule has 26 heavy (non-hydrogen) atoms. The molecular weight excluding hydrogens is 336 g/mol. The summed E-state index contributed by atoms with van der Waals surface area (Å²) >= 11 is 0. The van der Waals surface area contributed by atoms with Gasteiger partial charge >= 0.3 is 5.97 Å². The first-order valence-electron chi connectivity index (χ1n) is 8.21. The monoisotopic (exact) mass is 358 g/mol. The number of methoxy groups -OCH3 is 2. The highest BCUT2D eigenvalue weighted by Crippen LogP contribution is 2.39. The van der Waals surface area contributed by atoms with Gasteiger partial charge in [0.15, 0.2) is 6.61 Å². The van der Waals surface area contributed by atoms with Crippen molar-refractivity contribution in [1.82, 2.24) is 5.32 Å². The van der Waals surface area contributed by atoms with Crippen LogP contribution in [0.5, 0.6) is 11.5 Å². The third-order valence-corrected chi connectivity index (χ3v) is 4.21. The third-order valence-electron chi connectivity index (χ3n) is 4.21. The van der Waals surface area contributed by atoms with Crippen LogP contribution in [0.2, 0.25) is 0 Å². The lowest BCUT2D eigenvalue weighted by Crippen LogP contribution is -2.48. The smallest absolute Gasteiger partial charge is 0.331 e. The van der Waals surface area contributed by atoms with Crippen LogP contribution in [-0.4, -0.2) is 38.2 Å². The highest BCUT2D eigenvalue weighted by molar-refractivity contribution is 5.90. The van der Waals surface area contributed by atoms with Gasteiger partial charge < -0.3 is 19.5 Å². The summed E-state index contributed by atoms with van der Waals surface area (Å²) < 4.78 is 15.3. The van der Waals surface area contributed by atoms with Gasteiger partial charge in [0.2, 0.25) is 0 Å². The molecule has 1 fully saturated rings. The number of carbonyl (C=O) groups excluding carboxylic acids is 2. The molecule has 0 unspecified atom stereocenters. The standard InChI is InChI=1S/C19H22N2O5/c1-19(12-20,14-6-7-14)21-17(22)11-26-18(23)9-5-13-4-8-15(24-2)10-16(13)25-3/h4-5,8-10,14H,6-7,11H2,1-3H3,(H,21,22)/b9-5+/t19-/m0/s1. The van der Waals surface area contributed by atoms with E-state index >= 15 is 0 Å². The molecule has 1 amide bonds. The van der Waals surface area contributed by atoms with E-state index in [2.05, 4.69) is 11.4 Å². The molecule has 0 heterocycles. The molecule has 138 valence electrons. The van der Waals surface area contributed by atoms with Crippen molar-refractivity contribution in [2.75, 3.05) is 20.8 Å². The van der Waals surface area contributed by atoms with Crippen LogP contribution >= 0.6 is 0 Å². The number of rotatable bonds is 8. The molecule has 1 atom stereocenters. The van der Waals surface area contributed by atoms with Crippen molar-refractivity contribution >= 4 is 18.0 Å². The summed E-state index contributed by atoms with van der Waals surface area (Å²) in [7, 11) is 3.06. The quantitative estimate of drug-likeness (QED) is 0.564. The molecule has 1 aromatic carbocycles. The number of nitrogens with zero attached hydrogens (tertiary/aromatic N) is 1. The first-order chi connectivity index (χ1) is 12.4. The minimum absolute atomic E-state index is 0.162. The maximum atomic E-state index is 11.9. The molecule has 1 saturated carbocycles. The molecule has 7 heteroatoms. The Hall–Kier alpha value is -3.01. The van der Waals surface area contributed by atoms with Crippen LogP contribution in [0, 0.1) is 17.2 Å². The lowest BCUT2D eigenvalue weighted by Gasteiger charge is -2.22. The summed E-state index contributed by atoms with van der Waals surface area (Å²) in [5, 5.41) is 11.8. The van der Waals surface area contributed by atoms with E-state index in [1.54, 1.807) is 32.2 Å². The summed E-state index contributed by atoms with van der Waals surface area (Å²) in [6.07, 6.45) is 4.57. The first kappa shape index (κ1) is 19.3. The maximum absolute atomic E-state index is 11.9. The highest BCUT2D eigenvalue weighted by Gasteiger charge is 2.43. The Bertz CT molecular complexity index is 749. The highest BCUT2D eigenvalue weighted by atomic mass is 16.5. The second-order valence-electron chi connectivity index (χ2n) is 6.19. The molecule has 0 radical (unpaired) electrons. The minimum atomic E-state index is -0.907. The summed E-state index contributed by atoms with van der Waals surface area (Å²) in [6, 6.07) is 7.29. The van der Waals surface area contributed by atoms with Gasteiger partial charge in [-0.15, -0.1) is 0 Å². The Balaban J connectivity index is 1.87. The largest absolute Gasteiger partial charge is 0.497 e. The molecule has 1 aromatic rings. The Kier molecular flexibility index (Phi) is 6.23. The lowest BCUT2D eigenvalue weighted by atomic mass is 9.98. The zero-order valence-corrected chi connectivity index (χ0v) is 15.1. The predicted octanol–water partition coefficient (Wildman–Crippen LogP) is 2.07. The fourth-order valence-corrected chi connectivity index (χ4v) is 2.51. The molecule has 2 rings (SSSR count). The fourth-order valence-electron chi connectivity index (χ4n) is 2.51. The second-order valence-corrected chi connectivity index (χ2v) is 6.19.